The molecule has 33 heavy (non-hydrogen) atoms. The molecule has 1 atom stereocenters. The second kappa shape index (κ2) is 9.11. The second-order valence-electron chi connectivity index (χ2n) is 7.89. The number of amides is 1. The summed E-state index contributed by atoms with van der Waals surface area (Å²) < 4.78 is 5.20. The van der Waals surface area contributed by atoms with Gasteiger partial charge in [-0.25, -0.2) is 4.68 Å². The smallest absolute Gasteiger partial charge is 0.295 e. The molecule has 0 aliphatic carbocycles. The highest BCUT2D eigenvalue weighted by molar-refractivity contribution is 8.00. The van der Waals surface area contributed by atoms with Crippen LogP contribution in [0.25, 0.3) is 11.4 Å². The Balaban J connectivity index is 1.57. The predicted molar refractivity (Wildman–Crippen MR) is 131 cm³/mol. The Morgan fingerprint density at radius 3 is 2.30 bits per heavy atom. The van der Waals surface area contributed by atoms with Gasteiger partial charge >= 0.3 is 0 Å². The van der Waals surface area contributed by atoms with Gasteiger partial charge in [-0.05, 0) is 52.0 Å². The molecule has 4 rings (SSSR count). The number of anilines is 1. The van der Waals surface area contributed by atoms with Crippen LogP contribution in [0.5, 0.6) is 0 Å². The third-order valence-electron chi connectivity index (χ3n) is 5.54. The number of para-hydroxylation sites is 1. The predicted octanol–water partition coefficient (Wildman–Crippen LogP) is 3.80. The minimum Gasteiger partial charge on any atom is -0.319 e. The summed E-state index contributed by atoms with van der Waals surface area (Å²) in [6.07, 6.45) is 0. The molecule has 0 spiro atoms. The van der Waals surface area contributed by atoms with Crippen LogP contribution in [0.4, 0.5) is 5.69 Å². The fourth-order valence-corrected chi connectivity index (χ4v) is 4.47. The minimum atomic E-state index is -0.498. The van der Waals surface area contributed by atoms with Gasteiger partial charge in [-0.2, -0.15) is 0 Å². The van der Waals surface area contributed by atoms with Crippen molar-refractivity contribution in [2.75, 3.05) is 5.32 Å². The van der Waals surface area contributed by atoms with Crippen LogP contribution in [-0.2, 0) is 11.8 Å². The average Bonchev–Trinajstić information content (AvgIpc) is 3.26. The van der Waals surface area contributed by atoms with Gasteiger partial charge in [0, 0.05) is 12.7 Å². The number of hydrogen-bond donors (Lipinski definition) is 1. The van der Waals surface area contributed by atoms with E-state index in [2.05, 4.69) is 15.5 Å². The molecule has 1 unspecified atom stereocenters. The molecule has 1 N–H and O–H groups in total. The number of thioether (sulfide) groups is 1. The number of nitrogens with one attached hydrogen (secondary N) is 1. The standard InChI is InChI=1S/C24H26N6O2S/c1-15-11-13-19(14-12-15)29-18(4)26-27-24(29)33-17(3)22(31)25-21-16(2)28(5)30(23(21)32)20-9-7-6-8-10-20/h6-14,17H,1-5H3,(H,25,31). The van der Waals surface area contributed by atoms with E-state index in [9.17, 15) is 9.59 Å². The lowest BCUT2D eigenvalue weighted by atomic mass is 10.2. The normalized spacial score (nSPS) is 12.0. The van der Waals surface area contributed by atoms with Crippen LogP contribution < -0.4 is 10.9 Å². The summed E-state index contributed by atoms with van der Waals surface area (Å²) in [6, 6.07) is 17.4. The van der Waals surface area contributed by atoms with Crippen LogP contribution >= 0.6 is 11.8 Å². The summed E-state index contributed by atoms with van der Waals surface area (Å²) in [4.78, 5) is 26.1. The lowest BCUT2D eigenvalue weighted by molar-refractivity contribution is -0.115. The Hall–Kier alpha value is -3.59. The van der Waals surface area contributed by atoms with Crippen molar-refractivity contribution in [3.63, 3.8) is 0 Å². The van der Waals surface area contributed by atoms with Crippen molar-refractivity contribution in [1.29, 1.82) is 0 Å². The zero-order valence-electron chi connectivity index (χ0n) is 19.2. The largest absolute Gasteiger partial charge is 0.319 e. The van der Waals surface area contributed by atoms with E-state index >= 15 is 0 Å². The number of rotatable bonds is 6. The lowest BCUT2D eigenvalue weighted by Gasteiger charge is -2.13. The molecule has 170 valence electrons. The van der Waals surface area contributed by atoms with Crippen molar-refractivity contribution in [2.45, 2.75) is 38.1 Å². The number of aromatic nitrogens is 5. The first-order chi connectivity index (χ1) is 15.8. The zero-order valence-corrected chi connectivity index (χ0v) is 20.1. The van der Waals surface area contributed by atoms with Crippen LogP contribution in [-0.4, -0.2) is 35.3 Å². The van der Waals surface area contributed by atoms with Gasteiger partial charge in [0.15, 0.2) is 5.16 Å². The maximum Gasteiger partial charge on any atom is 0.295 e. The van der Waals surface area contributed by atoms with E-state index < -0.39 is 5.25 Å². The molecule has 2 heterocycles. The molecular weight excluding hydrogens is 436 g/mol. The number of carbonyl (C=O) groups is 1. The number of benzene rings is 2. The summed E-state index contributed by atoms with van der Waals surface area (Å²) in [5.41, 5.74) is 3.50. The van der Waals surface area contributed by atoms with Crippen molar-refractivity contribution >= 4 is 23.4 Å². The zero-order chi connectivity index (χ0) is 23.7. The van der Waals surface area contributed by atoms with Crippen LogP contribution in [0.1, 0.15) is 24.0 Å². The molecule has 2 aromatic heterocycles. The topological polar surface area (TPSA) is 86.7 Å². The fraction of sp³-hybridized carbons (Fsp3) is 0.250. The molecular formula is C24H26N6O2S. The first-order valence-electron chi connectivity index (χ1n) is 10.6. The quantitative estimate of drug-likeness (QED) is 0.441. The Kier molecular flexibility index (Phi) is 6.24. The second-order valence-corrected chi connectivity index (χ2v) is 9.19. The Morgan fingerprint density at radius 1 is 0.970 bits per heavy atom. The van der Waals surface area contributed by atoms with E-state index in [-0.39, 0.29) is 17.2 Å². The number of carbonyl (C=O) groups excluding carboxylic acids is 1. The van der Waals surface area contributed by atoms with Crippen molar-refractivity contribution in [1.82, 2.24) is 24.1 Å². The highest BCUT2D eigenvalue weighted by Gasteiger charge is 2.24. The average molecular weight is 463 g/mol. The van der Waals surface area contributed by atoms with Gasteiger partial charge in [0.2, 0.25) is 5.91 Å². The summed E-state index contributed by atoms with van der Waals surface area (Å²) in [5, 5.41) is 11.4. The first-order valence-corrected chi connectivity index (χ1v) is 11.5. The molecule has 4 aromatic rings. The van der Waals surface area contributed by atoms with Crippen molar-refractivity contribution in [3.05, 3.63) is 82.0 Å². The molecule has 1 amide bonds. The SMILES string of the molecule is Cc1ccc(-n2c(C)nnc2SC(C)C(=O)Nc2c(C)n(C)n(-c3ccccc3)c2=O)cc1. The molecule has 0 bridgehead atoms. The highest BCUT2D eigenvalue weighted by Crippen LogP contribution is 2.26. The van der Waals surface area contributed by atoms with Crippen molar-refractivity contribution < 1.29 is 4.79 Å². The number of aryl methyl sites for hydroxylation is 2. The van der Waals surface area contributed by atoms with Gasteiger partial charge in [-0.15, -0.1) is 10.2 Å². The molecule has 0 saturated carbocycles. The maximum absolute atomic E-state index is 13.1. The summed E-state index contributed by atoms with van der Waals surface area (Å²) in [6.45, 7) is 7.51. The van der Waals surface area contributed by atoms with E-state index in [1.54, 1.807) is 23.3 Å². The number of hydrogen-bond acceptors (Lipinski definition) is 5. The van der Waals surface area contributed by atoms with E-state index in [1.165, 1.54) is 11.8 Å². The van der Waals surface area contributed by atoms with Gasteiger partial charge in [0.1, 0.15) is 11.5 Å². The first kappa shape index (κ1) is 22.6. The van der Waals surface area contributed by atoms with Gasteiger partial charge in [-0.3, -0.25) is 18.8 Å². The third-order valence-corrected chi connectivity index (χ3v) is 6.58. The van der Waals surface area contributed by atoms with E-state index in [4.69, 9.17) is 0 Å². The fourth-order valence-electron chi connectivity index (χ4n) is 3.56. The van der Waals surface area contributed by atoms with Gasteiger partial charge in [0.25, 0.3) is 5.56 Å². The lowest BCUT2D eigenvalue weighted by Crippen LogP contribution is -2.27. The Morgan fingerprint density at radius 2 is 1.64 bits per heavy atom. The summed E-state index contributed by atoms with van der Waals surface area (Å²) in [5.74, 6) is 0.459. The molecule has 0 aliphatic heterocycles. The molecule has 0 saturated heterocycles. The molecule has 0 aliphatic rings. The monoisotopic (exact) mass is 462 g/mol. The third kappa shape index (κ3) is 4.36. The minimum absolute atomic E-state index is 0.273. The van der Waals surface area contributed by atoms with Crippen LogP contribution in [0, 0.1) is 20.8 Å². The van der Waals surface area contributed by atoms with Gasteiger partial charge in [-0.1, -0.05) is 47.7 Å². The highest BCUT2D eigenvalue weighted by atomic mass is 32.2. The molecule has 9 heteroatoms. The molecule has 0 radical (unpaired) electrons. The Bertz CT molecular complexity index is 1350. The van der Waals surface area contributed by atoms with Gasteiger partial charge < -0.3 is 5.32 Å². The molecule has 8 nitrogen and oxygen atoms in total. The van der Waals surface area contributed by atoms with Crippen molar-refractivity contribution in [2.24, 2.45) is 7.05 Å². The van der Waals surface area contributed by atoms with Gasteiger partial charge in [0.05, 0.1) is 16.6 Å². The maximum atomic E-state index is 13.1. The van der Waals surface area contributed by atoms with Crippen LogP contribution in [0.3, 0.4) is 0 Å². The molecule has 2 aromatic carbocycles. The van der Waals surface area contributed by atoms with E-state index in [1.807, 2.05) is 79.9 Å². The van der Waals surface area contributed by atoms with Crippen LogP contribution in [0.15, 0.2) is 64.5 Å². The Labute approximate surface area is 196 Å². The number of nitrogens with zero attached hydrogens (tertiary/aromatic N) is 5. The summed E-state index contributed by atoms with van der Waals surface area (Å²) >= 11 is 1.30. The van der Waals surface area contributed by atoms with E-state index in [0.717, 1.165) is 22.8 Å². The van der Waals surface area contributed by atoms with Crippen LogP contribution in [0.2, 0.25) is 0 Å². The van der Waals surface area contributed by atoms with Crippen molar-refractivity contribution in [3.8, 4) is 11.4 Å². The van der Waals surface area contributed by atoms with E-state index in [0.29, 0.717) is 10.9 Å². The molecule has 0 fully saturated rings. The summed E-state index contributed by atoms with van der Waals surface area (Å²) in [7, 11) is 1.80.